The van der Waals surface area contributed by atoms with Crippen molar-refractivity contribution >= 4 is 11.6 Å². The van der Waals surface area contributed by atoms with Gasteiger partial charge in [-0.25, -0.2) is 0 Å². The van der Waals surface area contributed by atoms with E-state index in [1.54, 1.807) is 0 Å². The van der Waals surface area contributed by atoms with Crippen LogP contribution in [0.15, 0.2) is 48.8 Å². The molecule has 2 nitrogen and oxygen atoms in total. The van der Waals surface area contributed by atoms with Crippen LogP contribution in [-0.4, -0.2) is 16.3 Å². The van der Waals surface area contributed by atoms with Gasteiger partial charge in [0.05, 0.1) is 12.6 Å². The Balaban J connectivity index is 2.31. The maximum Gasteiger partial charge on any atom is 0.0811 e. The summed E-state index contributed by atoms with van der Waals surface area (Å²) in [6.07, 6.45) is 3.88. The van der Waals surface area contributed by atoms with Crippen molar-refractivity contribution in [2.75, 3.05) is 6.61 Å². The van der Waals surface area contributed by atoms with E-state index in [4.69, 9.17) is 11.6 Å². The molecule has 3 heteroatoms. The van der Waals surface area contributed by atoms with Crippen LogP contribution in [0.2, 0.25) is 5.02 Å². The highest BCUT2D eigenvalue weighted by Gasteiger charge is 2.10. The van der Waals surface area contributed by atoms with Crippen LogP contribution in [0.3, 0.4) is 0 Å². The molecule has 1 N–H and O–H groups in total. The normalized spacial score (nSPS) is 12.7. The molecule has 0 amide bonds. The Morgan fingerprint density at radius 2 is 1.73 bits per heavy atom. The second-order valence-corrected chi connectivity index (χ2v) is 3.82. The number of nitrogens with zero attached hydrogens (tertiary/aromatic N) is 1. The van der Waals surface area contributed by atoms with E-state index < -0.39 is 0 Å². The van der Waals surface area contributed by atoms with Gasteiger partial charge < -0.3 is 9.67 Å². The molecule has 78 valence electrons. The van der Waals surface area contributed by atoms with Crippen LogP contribution in [0, 0.1) is 0 Å². The van der Waals surface area contributed by atoms with Gasteiger partial charge in [0, 0.05) is 17.4 Å². The summed E-state index contributed by atoms with van der Waals surface area (Å²) in [7, 11) is 0. The Hall–Kier alpha value is -1.25. The maximum absolute atomic E-state index is 9.37. The summed E-state index contributed by atoms with van der Waals surface area (Å²) >= 11 is 5.82. The van der Waals surface area contributed by atoms with Gasteiger partial charge in [-0.05, 0) is 29.8 Å². The summed E-state index contributed by atoms with van der Waals surface area (Å²) < 4.78 is 1.98. The average Bonchev–Trinajstić information content (AvgIpc) is 2.75. The molecule has 0 spiro atoms. The van der Waals surface area contributed by atoms with Gasteiger partial charge in [0.25, 0.3) is 0 Å². The van der Waals surface area contributed by atoms with Crippen molar-refractivity contribution in [2.24, 2.45) is 0 Å². The number of aromatic nitrogens is 1. The number of benzene rings is 1. The van der Waals surface area contributed by atoms with Crippen LogP contribution < -0.4 is 0 Å². The molecule has 2 aromatic rings. The van der Waals surface area contributed by atoms with Crippen LogP contribution in [0.25, 0.3) is 0 Å². The minimum atomic E-state index is -0.0303. The van der Waals surface area contributed by atoms with Gasteiger partial charge in [-0.15, -0.1) is 0 Å². The molecule has 0 radical (unpaired) electrons. The second-order valence-electron chi connectivity index (χ2n) is 3.38. The topological polar surface area (TPSA) is 25.2 Å². The third-order valence-electron chi connectivity index (χ3n) is 2.42. The quantitative estimate of drug-likeness (QED) is 0.847. The Morgan fingerprint density at radius 3 is 2.27 bits per heavy atom. The van der Waals surface area contributed by atoms with E-state index in [1.165, 1.54) is 0 Å². The van der Waals surface area contributed by atoms with E-state index in [0.717, 1.165) is 5.56 Å². The van der Waals surface area contributed by atoms with E-state index >= 15 is 0 Å². The lowest BCUT2D eigenvalue weighted by atomic mass is 10.1. The fourth-order valence-electron chi connectivity index (χ4n) is 1.61. The Morgan fingerprint density at radius 1 is 1.13 bits per heavy atom. The van der Waals surface area contributed by atoms with Gasteiger partial charge >= 0.3 is 0 Å². The van der Waals surface area contributed by atoms with Crippen LogP contribution in [-0.2, 0) is 0 Å². The molecule has 1 aromatic heterocycles. The summed E-state index contributed by atoms with van der Waals surface area (Å²) in [6.45, 7) is 0.0797. The summed E-state index contributed by atoms with van der Waals surface area (Å²) in [5, 5.41) is 10.1. The number of aliphatic hydroxyl groups is 1. The first-order chi connectivity index (χ1) is 7.31. The molecule has 1 atom stereocenters. The SMILES string of the molecule is OC[C@@H](c1ccc(Cl)cc1)n1cccc1. The second kappa shape index (κ2) is 4.51. The van der Waals surface area contributed by atoms with E-state index in [2.05, 4.69) is 0 Å². The molecule has 0 fully saturated rings. The van der Waals surface area contributed by atoms with Crippen LogP contribution in [0.4, 0.5) is 0 Å². The molecule has 0 unspecified atom stereocenters. The molecule has 1 aromatic carbocycles. The van der Waals surface area contributed by atoms with Gasteiger partial charge in [0.1, 0.15) is 0 Å². The smallest absolute Gasteiger partial charge is 0.0811 e. The molecule has 1 heterocycles. The fraction of sp³-hybridized carbons (Fsp3) is 0.167. The van der Waals surface area contributed by atoms with E-state index in [9.17, 15) is 5.11 Å². The summed E-state index contributed by atoms with van der Waals surface area (Å²) in [6, 6.07) is 11.4. The zero-order chi connectivity index (χ0) is 10.7. The van der Waals surface area contributed by atoms with Crippen molar-refractivity contribution < 1.29 is 5.11 Å². The molecule has 0 bridgehead atoms. The lowest BCUT2D eigenvalue weighted by molar-refractivity contribution is 0.249. The molecule has 0 aliphatic rings. The van der Waals surface area contributed by atoms with Gasteiger partial charge in [-0.1, -0.05) is 23.7 Å². The lowest BCUT2D eigenvalue weighted by Gasteiger charge is -2.16. The molecule has 0 saturated heterocycles. The van der Waals surface area contributed by atoms with E-state index in [1.807, 2.05) is 53.4 Å². The predicted molar refractivity (Wildman–Crippen MR) is 61.1 cm³/mol. The van der Waals surface area contributed by atoms with Crippen molar-refractivity contribution in [2.45, 2.75) is 6.04 Å². The molecule has 15 heavy (non-hydrogen) atoms. The number of hydrogen-bond acceptors (Lipinski definition) is 1. The van der Waals surface area contributed by atoms with Crippen molar-refractivity contribution in [3.05, 3.63) is 59.4 Å². The van der Waals surface area contributed by atoms with Crippen molar-refractivity contribution in [1.82, 2.24) is 4.57 Å². The van der Waals surface area contributed by atoms with Crippen molar-refractivity contribution in [3.63, 3.8) is 0 Å². The standard InChI is InChI=1S/C12H12ClNO/c13-11-5-3-10(4-6-11)12(9-15)14-7-1-2-8-14/h1-8,12,15H,9H2/t12-/m0/s1. The average molecular weight is 222 g/mol. The van der Waals surface area contributed by atoms with E-state index in [0.29, 0.717) is 5.02 Å². The summed E-state index contributed by atoms with van der Waals surface area (Å²) in [5.74, 6) is 0. The lowest BCUT2D eigenvalue weighted by Crippen LogP contribution is -2.12. The highest BCUT2D eigenvalue weighted by atomic mass is 35.5. The van der Waals surface area contributed by atoms with Crippen molar-refractivity contribution in [1.29, 1.82) is 0 Å². The van der Waals surface area contributed by atoms with Gasteiger partial charge in [0.15, 0.2) is 0 Å². The minimum Gasteiger partial charge on any atom is -0.394 e. The Kier molecular flexibility index (Phi) is 3.09. The first kappa shape index (κ1) is 10.3. The molecule has 0 saturated carbocycles. The van der Waals surface area contributed by atoms with Crippen LogP contribution >= 0.6 is 11.6 Å². The Labute approximate surface area is 93.7 Å². The maximum atomic E-state index is 9.37. The molecule has 2 rings (SSSR count). The highest BCUT2D eigenvalue weighted by molar-refractivity contribution is 6.30. The zero-order valence-electron chi connectivity index (χ0n) is 8.18. The third-order valence-corrected chi connectivity index (χ3v) is 2.67. The Bertz CT molecular complexity index is 408. The number of halogens is 1. The summed E-state index contributed by atoms with van der Waals surface area (Å²) in [5.41, 5.74) is 1.05. The minimum absolute atomic E-state index is 0.0303. The van der Waals surface area contributed by atoms with Gasteiger partial charge in [-0.3, -0.25) is 0 Å². The van der Waals surface area contributed by atoms with Crippen molar-refractivity contribution in [3.8, 4) is 0 Å². The summed E-state index contributed by atoms with van der Waals surface area (Å²) in [4.78, 5) is 0. The zero-order valence-corrected chi connectivity index (χ0v) is 8.93. The molecule has 0 aliphatic carbocycles. The number of aliphatic hydroxyl groups excluding tert-OH is 1. The fourth-order valence-corrected chi connectivity index (χ4v) is 1.74. The van der Waals surface area contributed by atoms with Gasteiger partial charge in [0.2, 0.25) is 0 Å². The highest BCUT2D eigenvalue weighted by Crippen LogP contribution is 2.20. The molecule has 0 aliphatic heterocycles. The molecular weight excluding hydrogens is 210 g/mol. The van der Waals surface area contributed by atoms with Gasteiger partial charge in [-0.2, -0.15) is 0 Å². The van der Waals surface area contributed by atoms with Crippen LogP contribution in [0.1, 0.15) is 11.6 Å². The largest absolute Gasteiger partial charge is 0.394 e. The number of rotatable bonds is 3. The first-order valence-corrected chi connectivity index (χ1v) is 5.18. The number of hydrogen-bond donors (Lipinski definition) is 1. The molecular formula is C12H12ClNO. The predicted octanol–water partition coefficient (Wildman–Crippen LogP) is 2.72. The third kappa shape index (κ3) is 2.22. The van der Waals surface area contributed by atoms with E-state index in [-0.39, 0.29) is 12.6 Å². The first-order valence-electron chi connectivity index (χ1n) is 4.80. The van der Waals surface area contributed by atoms with Crippen LogP contribution in [0.5, 0.6) is 0 Å². The monoisotopic (exact) mass is 221 g/mol.